The highest BCUT2D eigenvalue weighted by Gasteiger charge is 2.34. The third-order valence-corrected chi connectivity index (χ3v) is 3.33. The first-order valence-electron chi connectivity index (χ1n) is 6.37. The van der Waals surface area contributed by atoms with Crippen molar-refractivity contribution in [3.05, 3.63) is 11.6 Å². The second-order valence-electron chi connectivity index (χ2n) is 5.12. The predicted molar refractivity (Wildman–Crippen MR) is 64.4 cm³/mol. The molecule has 0 heterocycles. The van der Waals surface area contributed by atoms with Crippen LogP contribution in [0.5, 0.6) is 0 Å². The average Bonchev–Trinajstić information content (AvgIpc) is 2.88. The second-order valence-corrected chi connectivity index (χ2v) is 5.12. The van der Waals surface area contributed by atoms with Crippen molar-refractivity contribution in [1.29, 1.82) is 0 Å². The second kappa shape index (κ2) is 6.27. The van der Waals surface area contributed by atoms with E-state index in [0.717, 1.165) is 11.8 Å². The standard InChI is InChI=1S/C14H26/c1-4-5-6-7-8-13-11-14(13)10-9-12(2)3/h9,13-14H,4-8,10-11H2,1-3H3/t13-,14-/m1/s1. The van der Waals surface area contributed by atoms with E-state index in [1.165, 1.54) is 50.5 Å². The lowest BCUT2D eigenvalue weighted by Crippen LogP contribution is -1.84. The zero-order chi connectivity index (χ0) is 10.4. The van der Waals surface area contributed by atoms with Gasteiger partial charge in [-0.25, -0.2) is 0 Å². The summed E-state index contributed by atoms with van der Waals surface area (Å²) in [5.41, 5.74) is 1.49. The quantitative estimate of drug-likeness (QED) is 0.397. The number of hydrogen-bond acceptors (Lipinski definition) is 0. The van der Waals surface area contributed by atoms with Crippen molar-refractivity contribution in [2.45, 2.75) is 65.7 Å². The summed E-state index contributed by atoms with van der Waals surface area (Å²) in [6.07, 6.45) is 12.5. The minimum atomic E-state index is 1.05. The predicted octanol–water partition coefficient (Wildman–Crippen LogP) is 4.95. The van der Waals surface area contributed by atoms with Crippen LogP contribution in [0.2, 0.25) is 0 Å². The molecule has 0 saturated heterocycles. The first-order chi connectivity index (χ1) is 6.74. The maximum Gasteiger partial charge on any atom is -0.0317 e. The van der Waals surface area contributed by atoms with Gasteiger partial charge in [0.05, 0.1) is 0 Å². The molecule has 0 radical (unpaired) electrons. The average molecular weight is 194 g/mol. The van der Waals surface area contributed by atoms with Gasteiger partial charge in [0.25, 0.3) is 0 Å². The maximum atomic E-state index is 2.41. The Morgan fingerprint density at radius 1 is 1.14 bits per heavy atom. The van der Waals surface area contributed by atoms with Gasteiger partial charge in [0.1, 0.15) is 0 Å². The van der Waals surface area contributed by atoms with Crippen molar-refractivity contribution < 1.29 is 0 Å². The normalized spacial score (nSPS) is 24.8. The van der Waals surface area contributed by atoms with E-state index in [4.69, 9.17) is 0 Å². The van der Waals surface area contributed by atoms with E-state index in [1.807, 2.05) is 0 Å². The molecule has 0 aromatic carbocycles. The Labute approximate surface area is 89.8 Å². The van der Waals surface area contributed by atoms with Crippen LogP contribution in [0.25, 0.3) is 0 Å². The lowest BCUT2D eigenvalue weighted by molar-refractivity contribution is 0.568. The molecule has 0 heteroatoms. The number of rotatable bonds is 7. The zero-order valence-electron chi connectivity index (χ0n) is 10.2. The van der Waals surface area contributed by atoms with Crippen LogP contribution in [0.4, 0.5) is 0 Å². The fourth-order valence-electron chi connectivity index (χ4n) is 2.17. The van der Waals surface area contributed by atoms with Crippen LogP contribution in [0.15, 0.2) is 11.6 Å². The lowest BCUT2D eigenvalue weighted by Gasteiger charge is -1.98. The Kier molecular flexibility index (Phi) is 5.29. The van der Waals surface area contributed by atoms with E-state index >= 15 is 0 Å². The van der Waals surface area contributed by atoms with Crippen LogP contribution < -0.4 is 0 Å². The highest BCUT2D eigenvalue weighted by atomic mass is 14.4. The van der Waals surface area contributed by atoms with Gasteiger partial charge in [0.15, 0.2) is 0 Å². The van der Waals surface area contributed by atoms with Crippen LogP contribution in [0.3, 0.4) is 0 Å². The molecule has 0 aliphatic heterocycles. The summed E-state index contributed by atoms with van der Waals surface area (Å²) in [4.78, 5) is 0. The van der Waals surface area contributed by atoms with Crippen molar-refractivity contribution in [1.82, 2.24) is 0 Å². The number of unbranched alkanes of at least 4 members (excludes halogenated alkanes) is 3. The molecule has 1 rings (SSSR count). The van der Waals surface area contributed by atoms with E-state index in [-0.39, 0.29) is 0 Å². The minimum absolute atomic E-state index is 1.05. The Hall–Kier alpha value is -0.260. The van der Waals surface area contributed by atoms with Crippen molar-refractivity contribution in [2.75, 3.05) is 0 Å². The van der Waals surface area contributed by atoms with Crippen LogP contribution in [-0.4, -0.2) is 0 Å². The highest BCUT2D eigenvalue weighted by Crippen LogP contribution is 2.45. The van der Waals surface area contributed by atoms with Gasteiger partial charge in [-0.2, -0.15) is 0 Å². The lowest BCUT2D eigenvalue weighted by atomic mass is 10.1. The van der Waals surface area contributed by atoms with Gasteiger partial charge in [0, 0.05) is 0 Å². The molecule has 0 aromatic rings. The molecule has 1 saturated carbocycles. The molecule has 0 nitrogen and oxygen atoms in total. The molecule has 14 heavy (non-hydrogen) atoms. The van der Waals surface area contributed by atoms with E-state index in [0.29, 0.717) is 0 Å². The van der Waals surface area contributed by atoms with Crippen molar-refractivity contribution in [3.8, 4) is 0 Å². The van der Waals surface area contributed by atoms with Gasteiger partial charge in [-0.05, 0) is 38.5 Å². The minimum Gasteiger partial charge on any atom is -0.0856 e. The molecule has 82 valence electrons. The third kappa shape index (κ3) is 4.83. The zero-order valence-corrected chi connectivity index (χ0v) is 10.2. The monoisotopic (exact) mass is 194 g/mol. The van der Waals surface area contributed by atoms with Gasteiger partial charge < -0.3 is 0 Å². The SMILES string of the molecule is CCCCCC[C@@H]1C[C@H]1CC=C(C)C. The Balaban J connectivity index is 1.95. The molecule has 2 atom stereocenters. The Morgan fingerprint density at radius 2 is 1.93 bits per heavy atom. The number of hydrogen-bond donors (Lipinski definition) is 0. The van der Waals surface area contributed by atoms with Crippen molar-refractivity contribution in [3.63, 3.8) is 0 Å². The Morgan fingerprint density at radius 3 is 2.57 bits per heavy atom. The smallest absolute Gasteiger partial charge is 0.0317 e. The molecule has 0 spiro atoms. The van der Waals surface area contributed by atoms with E-state index in [1.54, 1.807) is 0 Å². The van der Waals surface area contributed by atoms with Crippen LogP contribution in [-0.2, 0) is 0 Å². The molecule has 0 unspecified atom stereocenters. The summed E-state index contributed by atoms with van der Waals surface area (Å²) < 4.78 is 0. The summed E-state index contributed by atoms with van der Waals surface area (Å²) in [7, 11) is 0. The molecule has 1 fully saturated rings. The molecular weight excluding hydrogens is 168 g/mol. The molecule has 0 aromatic heterocycles. The van der Waals surface area contributed by atoms with E-state index in [2.05, 4.69) is 26.8 Å². The van der Waals surface area contributed by atoms with Gasteiger partial charge in [0.2, 0.25) is 0 Å². The van der Waals surface area contributed by atoms with Crippen LogP contribution >= 0.6 is 0 Å². The summed E-state index contributed by atoms with van der Waals surface area (Å²) in [5.74, 6) is 2.13. The fraction of sp³-hybridized carbons (Fsp3) is 0.857. The topological polar surface area (TPSA) is 0 Å². The van der Waals surface area contributed by atoms with Gasteiger partial charge in [-0.15, -0.1) is 0 Å². The summed E-state index contributed by atoms with van der Waals surface area (Å²) in [5, 5.41) is 0. The maximum absolute atomic E-state index is 2.41. The molecule has 0 bridgehead atoms. The van der Waals surface area contributed by atoms with Gasteiger partial charge >= 0.3 is 0 Å². The van der Waals surface area contributed by atoms with E-state index in [9.17, 15) is 0 Å². The van der Waals surface area contributed by atoms with Crippen LogP contribution in [0.1, 0.15) is 65.7 Å². The molecule has 1 aliphatic carbocycles. The molecular formula is C14H26. The molecule has 0 amide bonds. The molecule has 1 aliphatic rings. The van der Waals surface area contributed by atoms with Crippen LogP contribution in [0, 0.1) is 11.8 Å². The molecule has 0 N–H and O–H groups in total. The van der Waals surface area contributed by atoms with Gasteiger partial charge in [-0.1, -0.05) is 50.7 Å². The van der Waals surface area contributed by atoms with Crippen molar-refractivity contribution >= 4 is 0 Å². The third-order valence-electron chi connectivity index (χ3n) is 3.33. The highest BCUT2D eigenvalue weighted by molar-refractivity contribution is 4.99. The first-order valence-corrected chi connectivity index (χ1v) is 6.37. The number of allylic oxidation sites excluding steroid dienone is 2. The largest absolute Gasteiger partial charge is 0.0856 e. The fourth-order valence-corrected chi connectivity index (χ4v) is 2.17. The first kappa shape index (κ1) is 11.8. The van der Waals surface area contributed by atoms with Gasteiger partial charge in [-0.3, -0.25) is 0 Å². The van der Waals surface area contributed by atoms with E-state index < -0.39 is 0 Å². The van der Waals surface area contributed by atoms with Crippen molar-refractivity contribution in [2.24, 2.45) is 11.8 Å². The summed E-state index contributed by atoms with van der Waals surface area (Å²) in [6, 6.07) is 0. The Bertz CT molecular complexity index is 174. The summed E-state index contributed by atoms with van der Waals surface area (Å²) in [6.45, 7) is 6.70. The summed E-state index contributed by atoms with van der Waals surface area (Å²) >= 11 is 0.